The Morgan fingerprint density at radius 1 is 1.03 bits per heavy atom. The summed E-state index contributed by atoms with van der Waals surface area (Å²) >= 11 is 0. The summed E-state index contributed by atoms with van der Waals surface area (Å²) in [4.78, 5) is 42.6. The van der Waals surface area contributed by atoms with Gasteiger partial charge in [-0.2, -0.15) is 4.98 Å². The molecule has 3 heterocycles. The van der Waals surface area contributed by atoms with E-state index in [1.807, 2.05) is 54.9 Å². The number of fused-ring (bicyclic) bond motifs is 3. The van der Waals surface area contributed by atoms with E-state index in [4.69, 9.17) is 0 Å². The molecule has 8 nitrogen and oxygen atoms in total. The van der Waals surface area contributed by atoms with E-state index < -0.39 is 17.3 Å². The van der Waals surface area contributed by atoms with Gasteiger partial charge in [0.05, 0.1) is 11.7 Å². The molecule has 29 heavy (non-hydrogen) atoms. The van der Waals surface area contributed by atoms with Crippen molar-refractivity contribution in [3.05, 3.63) is 57.4 Å². The number of imidazole rings is 2. The highest BCUT2D eigenvalue weighted by Gasteiger charge is 2.25. The number of aryl methyl sites for hydroxylation is 1. The van der Waals surface area contributed by atoms with Gasteiger partial charge in [0.25, 0.3) is 5.56 Å². The second-order valence-electron chi connectivity index (χ2n) is 7.60. The zero-order chi connectivity index (χ0) is 21.0. The van der Waals surface area contributed by atoms with Crippen LogP contribution in [0.5, 0.6) is 0 Å². The molecule has 0 aliphatic carbocycles. The second kappa shape index (κ2) is 6.58. The first kappa shape index (κ1) is 18.9. The quantitative estimate of drug-likeness (QED) is 0.533. The molecule has 0 aliphatic heterocycles. The van der Waals surface area contributed by atoms with Crippen LogP contribution in [0.1, 0.15) is 39.8 Å². The van der Waals surface area contributed by atoms with Gasteiger partial charge in [0.1, 0.15) is 0 Å². The van der Waals surface area contributed by atoms with Gasteiger partial charge in [-0.15, -0.1) is 0 Å². The van der Waals surface area contributed by atoms with Crippen LogP contribution < -0.4 is 11.2 Å². The van der Waals surface area contributed by atoms with Crippen molar-refractivity contribution in [2.45, 2.75) is 39.8 Å². The molecule has 1 atom stereocenters. The summed E-state index contributed by atoms with van der Waals surface area (Å²) < 4.78 is 6.10. The smallest absolute Gasteiger partial charge is 0.307 e. The minimum Gasteiger partial charge on any atom is -0.307 e. The largest absolute Gasteiger partial charge is 0.333 e. The van der Waals surface area contributed by atoms with Gasteiger partial charge in [-0.05, 0) is 33.3 Å². The number of ketones is 1. The first-order valence-corrected chi connectivity index (χ1v) is 9.54. The predicted octanol–water partition coefficient (Wildman–Crippen LogP) is 2.55. The zero-order valence-corrected chi connectivity index (χ0v) is 17.1. The zero-order valence-electron chi connectivity index (χ0n) is 17.1. The minimum absolute atomic E-state index is 0.0786. The van der Waals surface area contributed by atoms with Crippen LogP contribution in [0.3, 0.4) is 0 Å². The number of hydrogen-bond acceptors (Lipinski definition) is 4. The highest BCUT2D eigenvalue weighted by atomic mass is 16.2. The Balaban J connectivity index is 2.17. The van der Waals surface area contributed by atoms with Crippen molar-refractivity contribution >= 4 is 22.7 Å². The van der Waals surface area contributed by atoms with Crippen LogP contribution in [-0.2, 0) is 11.8 Å². The maximum atomic E-state index is 13.3. The van der Waals surface area contributed by atoms with Crippen LogP contribution >= 0.6 is 0 Å². The van der Waals surface area contributed by atoms with Gasteiger partial charge < -0.3 is 4.57 Å². The van der Waals surface area contributed by atoms with Crippen LogP contribution in [0.2, 0.25) is 0 Å². The molecule has 0 N–H and O–H groups in total. The standard InChI is InChI=1S/C21H23N5O3/c1-12(2)25-16(15-9-7-6-8-10-15)11-24-17-18(22-20(24)25)23(5)21(29)26(19(17)28)13(3)14(4)27/h6-13H,1-5H3/t13-/m1/s1. The van der Waals surface area contributed by atoms with Gasteiger partial charge in [-0.1, -0.05) is 30.3 Å². The lowest BCUT2D eigenvalue weighted by Crippen LogP contribution is -2.42. The molecular weight excluding hydrogens is 370 g/mol. The Morgan fingerprint density at radius 3 is 2.28 bits per heavy atom. The molecular formula is C21H23N5O3. The van der Waals surface area contributed by atoms with Crippen LogP contribution in [-0.4, -0.2) is 28.9 Å². The molecule has 0 saturated heterocycles. The predicted molar refractivity (Wildman–Crippen MR) is 111 cm³/mol. The van der Waals surface area contributed by atoms with Crippen molar-refractivity contribution in [1.29, 1.82) is 0 Å². The lowest BCUT2D eigenvalue weighted by Gasteiger charge is -2.13. The highest BCUT2D eigenvalue weighted by molar-refractivity contribution is 5.81. The molecule has 8 heteroatoms. The first-order valence-electron chi connectivity index (χ1n) is 9.54. The monoisotopic (exact) mass is 393 g/mol. The fourth-order valence-corrected chi connectivity index (χ4v) is 3.73. The Kier molecular flexibility index (Phi) is 4.29. The maximum Gasteiger partial charge on any atom is 0.333 e. The number of hydrogen-bond donors (Lipinski definition) is 0. The lowest BCUT2D eigenvalue weighted by molar-refractivity contribution is -0.119. The number of nitrogens with zero attached hydrogens (tertiary/aromatic N) is 5. The molecule has 4 rings (SSSR count). The van der Waals surface area contributed by atoms with Gasteiger partial charge >= 0.3 is 5.69 Å². The molecule has 4 aromatic rings. The van der Waals surface area contributed by atoms with E-state index in [1.54, 1.807) is 18.4 Å². The van der Waals surface area contributed by atoms with Crippen LogP contribution in [0.15, 0.2) is 46.1 Å². The summed E-state index contributed by atoms with van der Waals surface area (Å²) in [5.74, 6) is 0.322. The number of Topliss-reactive ketones (excluding diaryl/α,β-unsaturated/α-hetero) is 1. The van der Waals surface area contributed by atoms with Crippen molar-refractivity contribution in [3.8, 4) is 11.3 Å². The lowest BCUT2D eigenvalue weighted by atomic mass is 10.1. The van der Waals surface area contributed by atoms with Crippen molar-refractivity contribution in [3.63, 3.8) is 0 Å². The van der Waals surface area contributed by atoms with E-state index in [9.17, 15) is 14.4 Å². The van der Waals surface area contributed by atoms with Crippen LogP contribution in [0.4, 0.5) is 0 Å². The molecule has 0 spiro atoms. The summed E-state index contributed by atoms with van der Waals surface area (Å²) in [5, 5.41) is 0. The van der Waals surface area contributed by atoms with Crippen LogP contribution in [0.25, 0.3) is 28.2 Å². The topological polar surface area (TPSA) is 83.3 Å². The fraction of sp³-hybridized carbons (Fsp3) is 0.333. The highest BCUT2D eigenvalue weighted by Crippen LogP contribution is 2.28. The molecule has 0 unspecified atom stereocenters. The molecule has 0 fully saturated rings. The Hall–Kier alpha value is -3.42. The van der Waals surface area contributed by atoms with Gasteiger partial charge in [-0.3, -0.25) is 18.6 Å². The second-order valence-corrected chi connectivity index (χ2v) is 7.60. The number of aromatic nitrogens is 5. The average Bonchev–Trinajstić information content (AvgIpc) is 3.23. The molecule has 150 valence electrons. The average molecular weight is 393 g/mol. The van der Waals surface area contributed by atoms with Gasteiger partial charge in [0.2, 0.25) is 5.78 Å². The van der Waals surface area contributed by atoms with Gasteiger partial charge in [0, 0.05) is 19.3 Å². The van der Waals surface area contributed by atoms with Crippen molar-refractivity contribution in [1.82, 2.24) is 23.1 Å². The van der Waals surface area contributed by atoms with E-state index >= 15 is 0 Å². The fourth-order valence-electron chi connectivity index (χ4n) is 3.73. The van der Waals surface area contributed by atoms with Crippen LogP contribution in [0, 0.1) is 0 Å². The van der Waals surface area contributed by atoms with Gasteiger partial charge in [-0.25, -0.2) is 9.36 Å². The Morgan fingerprint density at radius 2 is 1.69 bits per heavy atom. The normalized spacial score (nSPS) is 12.9. The molecule has 1 aromatic carbocycles. The van der Waals surface area contributed by atoms with Crippen molar-refractivity contribution in [2.24, 2.45) is 7.05 Å². The third-order valence-electron chi connectivity index (χ3n) is 5.39. The summed E-state index contributed by atoms with van der Waals surface area (Å²) in [5.41, 5.74) is 1.44. The van der Waals surface area contributed by atoms with Crippen molar-refractivity contribution in [2.75, 3.05) is 0 Å². The molecule has 3 aromatic heterocycles. The van der Waals surface area contributed by atoms with E-state index in [2.05, 4.69) is 4.98 Å². The van der Waals surface area contributed by atoms with Gasteiger partial charge in [0.15, 0.2) is 16.9 Å². The van der Waals surface area contributed by atoms with Crippen molar-refractivity contribution < 1.29 is 4.79 Å². The summed E-state index contributed by atoms with van der Waals surface area (Å²) in [7, 11) is 1.57. The molecule has 0 radical (unpaired) electrons. The van der Waals surface area contributed by atoms with E-state index in [0.29, 0.717) is 11.4 Å². The maximum absolute atomic E-state index is 13.3. The number of rotatable bonds is 4. The SMILES string of the molecule is CC(=O)[C@@H](C)n1c(=O)c2c(nc3n(C(C)C)c(-c4ccccc4)cn23)n(C)c1=O. The molecule has 0 bridgehead atoms. The Labute approximate surface area is 166 Å². The van der Waals surface area contributed by atoms with E-state index in [1.165, 1.54) is 11.5 Å². The number of carbonyl (C=O) groups is 1. The number of carbonyl (C=O) groups excluding carboxylic acids is 1. The Bertz CT molecular complexity index is 1370. The van der Waals surface area contributed by atoms with E-state index in [0.717, 1.165) is 15.8 Å². The molecule has 0 saturated carbocycles. The summed E-state index contributed by atoms with van der Waals surface area (Å²) in [6.07, 6.45) is 1.87. The molecule has 0 aliphatic rings. The molecule has 0 amide bonds. The third kappa shape index (κ3) is 2.66. The third-order valence-corrected chi connectivity index (χ3v) is 5.39. The van der Waals surface area contributed by atoms with E-state index in [-0.39, 0.29) is 17.3 Å². The first-order chi connectivity index (χ1) is 13.7. The summed E-state index contributed by atoms with van der Waals surface area (Å²) in [6, 6.07) is 9.10. The summed E-state index contributed by atoms with van der Waals surface area (Å²) in [6.45, 7) is 7.02. The number of benzene rings is 1. The minimum atomic E-state index is -0.850.